The summed E-state index contributed by atoms with van der Waals surface area (Å²) in [5, 5.41) is 2.80. The first-order valence-corrected chi connectivity index (χ1v) is 11.5. The molecule has 0 bridgehead atoms. The molecule has 0 aliphatic heterocycles. The molecule has 3 aromatic rings. The number of amides is 1. The quantitative estimate of drug-likeness (QED) is 0.548. The Morgan fingerprint density at radius 3 is 2.00 bits per heavy atom. The number of nitrogens with one attached hydrogen (secondary N) is 2. The molecule has 0 saturated heterocycles. The molecule has 0 aromatic heterocycles. The monoisotopic (exact) mass is 438 g/mol. The zero-order valence-corrected chi connectivity index (χ0v) is 18.6. The second-order valence-electron chi connectivity index (χ2n) is 8.13. The van der Waals surface area contributed by atoms with Crippen molar-refractivity contribution in [3.8, 4) is 11.5 Å². The molecule has 6 nitrogen and oxygen atoms in total. The van der Waals surface area contributed by atoms with Gasteiger partial charge in [0.1, 0.15) is 17.4 Å². The highest BCUT2D eigenvalue weighted by Gasteiger charge is 2.18. The molecule has 0 aliphatic rings. The average Bonchev–Trinajstić information content (AvgIpc) is 2.73. The molecule has 1 amide bonds. The first kappa shape index (κ1) is 22.4. The van der Waals surface area contributed by atoms with Gasteiger partial charge >= 0.3 is 0 Å². The molecule has 0 aliphatic carbocycles. The van der Waals surface area contributed by atoms with Gasteiger partial charge in [0.25, 0.3) is 15.9 Å². The summed E-state index contributed by atoms with van der Waals surface area (Å²) in [6.07, 6.45) is 0. The van der Waals surface area contributed by atoms with Gasteiger partial charge < -0.3 is 10.1 Å². The predicted molar refractivity (Wildman–Crippen MR) is 123 cm³/mol. The Labute approximate surface area is 183 Å². The molecule has 7 heteroatoms. The van der Waals surface area contributed by atoms with Crippen LogP contribution in [0.3, 0.4) is 0 Å². The molecular formula is C24H26N2O4S. The molecule has 162 valence electrons. The molecule has 0 radical (unpaired) electrons. The van der Waals surface area contributed by atoms with E-state index in [2.05, 4.69) is 30.8 Å². The van der Waals surface area contributed by atoms with E-state index in [-0.39, 0.29) is 5.41 Å². The molecule has 2 N–H and O–H groups in total. The number of sulfonamides is 1. The van der Waals surface area contributed by atoms with Crippen molar-refractivity contribution in [2.75, 3.05) is 11.2 Å². The molecule has 0 atom stereocenters. The van der Waals surface area contributed by atoms with E-state index in [0.29, 0.717) is 22.7 Å². The Balaban J connectivity index is 1.55. The van der Waals surface area contributed by atoms with Gasteiger partial charge in [0.05, 0.1) is 0 Å². The lowest BCUT2D eigenvalue weighted by Gasteiger charge is -2.19. The van der Waals surface area contributed by atoms with Crippen LogP contribution in [0.25, 0.3) is 0 Å². The van der Waals surface area contributed by atoms with E-state index in [1.54, 1.807) is 36.4 Å². The van der Waals surface area contributed by atoms with Crippen molar-refractivity contribution >= 4 is 21.6 Å². The van der Waals surface area contributed by atoms with Crippen LogP contribution in [0.15, 0.2) is 78.9 Å². The van der Waals surface area contributed by atoms with Crippen LogP contribution in [-0.2, 0) is 15.4 Å². The summed E-state index contributed by atoms with van der Waals surface area (Å²) in [7, 11) is -3.87. The summed E-state index contributed by atoms with van der Waals surface area (Å²) < 4.78 is 32.4. The van der Waals surface area contributed by atoms with Crippen molar-refractivity contribution < 1.29 is 17.9 Å². The van der Waals surface area contributed by atoms with Crippen molar-refractivity contribution in [3.63, 3.8) is 0 Å². The summed E-state index contributed by atoms with van der Waals surface area (Å²) >= 11 is 0. The number of carbonyl (C=O) groups is 1. The minimum Gasteiger partial charge on any atom is -0.457 e. The van der Waals surface area contributed by atoms with E-state index >= 15 is 0 Å². The number of benzene rings is 3. The standard InChI is InChI=1S/C24H26N2O4S/c1-24(2,3)19-11-9-18(10-12-19)23(27)26-31(28,29)17-25-20-13-15-22(16-14-20)30-21-7-5-4-6-8-21/h4-16,25H,17H2,1-3H3,(H,26,27). The lowest BCUT2D eigenvalue weighted by molar-refractivity contribution is 0.0981. The maximum Gasteiger partial charge on any atom is 0.264 e. The topological polar surface area (TPSA) is 84.5 Å². The van der Waals surface area contributed by atoms with E-state index < -0.39 is 21.8 Å². The van der Waals surface area contributed by atoms with Crippen LogP contribution in [0.4, 0.5) is 5.69 Å². The first-order valence-electron chi connectivity index (χ1n) is 9.85. The Morgan fingerprint density at radius 2 is 1.42 bits per heavy atom. The minimum absolute atomic E-state index is 0.0489. The fourth-order valence-corrected chi connectivity index (χ4v) is 3.63. The Hall–Kier alpha value is -3.32. The van der Waals surface area contributed by atoms with Gasteiger partial charge in [-0.15, -0.1) is 0 Å². The Bertz CT molecular complexity index is 1120. The van der Waals surface area contributed by atoms with Gasteiger partial charge in [-0.05, 0) is 59.5 Å². The summed E-state index contributed by atoms with van der Waals surface area (Å²) in [5.74, 6) is 0.252. The third-order valence-electron chi connectivity index (χ3n) is 4.56. The number of anilines is 1. The molecule has 31 heavy (non-hydrogen) atoms. The van der Waals surface area contributed by atoms with Crippen molar-refractivity contribution in [1.82, 2.24) is 4.72 Å². The largest absolute Gasteiger partial charge is 0.457 e. The van der Waals surface area contributed by atoms with Crippen molar-refractivity contribution in [2.24, 2.45) is 0 Å². The summed E-state index contributed by atoms with van der Waals surface area (Å²) in [6.45, 7) is 6.20. The van der Waals surface area contributed by atoms with E-state index in [4.69, 9.17) is 4.74 Å². The van der Waals surface area contributed by atoms with Gasteiger partial charge in [-0.25, -0.2) is 13.1 Å². The molecule has 3 rings (SSSR count). The van der Waals surface area contributed by atoms with Gasteiger partial charge in [0, 0.05) is 11.3 Å². The zero-order chi connectivity index (χ0) is 22.5. The number of hydrogen-bond donors (Lipinski definition) is 2. The number of ether oxygens (including phenoxy) is 1. The molecular weight excluding hydrogens is 412 g/mol. The highest BCUT2D eigenvalue weighted by Crippen LogP contribution is 2.23. The number of para-hydroxylation sites is 1. The third-order valence-corrected chi connectivity index (χ3v) is 5.58. The van der Waals surface area contributed by atoms with E-state index in [1.165, 1.54) is 0 Å². The lowest BCUT2D eigenvalue weighted by Crippen LogP contribution is -2.34. The fourth-order valence-electron chi connectivity index (χ4n) is 2.80. The van der Waals surface area contributed by atoms with Gasteiger partial charge in [-0.3, -0.25) is 4.79 Å². The van der Waals surface area contributed by atoms with Crippen LogP contribution in [0.1, 0.15) is 36.7 Å². The lowest BCUT2D eigenvalue weighted by atomic mass is 9.87. The van der Waals surface area contributed by atoms with Gasteiger partial charge in [0.2, 0.25) is 0 Å². The third kappa shape index (κ3) is 6.58. The molecule has 0 fully saturated rings. The van der Waals surface area contributed by atoms with Crippen molar-refractivity contribution in [3.05, 3.63) is 90.0 Å². The smallest absolute Gasteiger partial charge is 0.264 e. The van der Waals surface area contributed by atoms with E-state index in [1.807, 2.05) is 42.5 Å². The van der Waals surface area contributed by atoms with Crippen LogP contribution in [-0.4, -0.2) is 20.2 Å². The normalized spacial score (nSPS) is 11.6. The van der Waals surface area contributed by atoms with E-state index in [9.17, 15) is 13.2 Å². The SMILES string of the molecule is CC(C)(C)c1ccc(C(=O)NS(=O)(=O)CNc2ccc(Oc3ccccc3)cc2)cc1. The van der Waals surface area contributed by atoms with Gasteiger partial charge in [0.15, 0.2) is 0 Å². The maximum atomic E-state index is 12.3. The van der Waals surface area contributed by atoms with Gasteiger partial charge in [-0.2, -0.15) is 0 Å². The second kappa shape index (κ2) is 9.22. The zero-order valence-electron chi connectivity index (χ0n) is 17.8. The Morgan fingerprint density at radius 1 is 0.839 bits per heavy atom. The van der Waals surface area contributed by atoms with E-state index in [0.717, 1.165) is 5.56 Å². The number of carbonyl (C=O) groups excluding carboxylic acids is 1. The molecule has 0 heterocycles. The van der Waals surface area contributed by atoms with Crippen molar-refractivity contribution in [1.29, 1.82) is 0 Å². The number of rotatable bonds is 7. The van der Waals surface area contributed by atoms with Crippen molar-refractivity contribution in [2.45, 2.75) is 26.2 Å². The fraction of sp³-hybridized carbons (Fsp3) is 0.208. The second-order valence-corrected chi connectivity index (χ2v) is 9.86. The average molecular weight is 439 g/mol. The highest BCUT2D eigenvalue weighted by atomic mass is 32.2. The minimum atomic E-state index is -3.87. The first-order chi connectivity index (χ1) is 14.6. The summed E-state index contributed by atoms with van der Waals surface area (Å²) in [4.78, 5) is 12.3. The van der Waals surface area contributed by atoms with Crippen LogP contribution in [0.5, 0.6) is 11.5 Å². The molecule has 0 spiro atoms. The summed E-state index contributed by atoms with van der Waals surface area (Å²) in [5.41, 5.74) is 1.90. The maximum absolute atomic E-state index is 12.3. The van der Waals surface area contributed by atoms with Crippen LogP contribution in [0.2, 0.25) is 0 Å². The van der Waals surface area contributed by atoms with Crippen LogP contribution < -0.4 is 14.8 Å². The van der Waals surface area contributed by atoms with Crippen LogP contribution >= 0.6 is 0 Å². The molecule has 0 unspecified atom stereocenters. The van der Waals surface area contributed by atoms with Crippen LogP contribution in [0, 0.1) is 0 Å². The highest BCUT2D eigenvalue weighted by molar-refractivity contribution is 7.90. The van der Waals surface area contributed by atoms with Gasteiger partial charge in [-0.1, -0.05) is 51.1 Å². The number of hydrogen-bond acceptors (Lipinski definition) is 5. The molecule has 3 aromatic carbocycles. The molecule has 0 saturated carbocycles. The predicted octanol–water partition coefficient (Wildman–Crippen LogP) is 4.91. The summed E-state index contributed by atoms with van der Waals surface area (Å²) in [6, 6.07) is 23.2. The Kier molecular flexibility index (Phi) is 6.65.